The predicted molar refractivity (Wildman–Crippen MR) is 89.1 cm³/mol. The average molecular weight is 310 g/mol. The van der Waals surface area contributed by atoms with Crippen molar-refractivity contribution >= 4 is 5.97 Å². The molecular weight excluding hydrogens is 288 g/mol. The molecule has 2 unspecified atom stereocenters. The molecule has 1 fully saturated rings. The molecule has 3 rings (SSSR count). The highest BCUT2D eigenvalue weighted by atomic mass is 16.7. The summed E-state index contributed by atoms with van der Waals surface area (Å²) in [6.07, 6.45) is -0.468. The normalized spacial score (nSPS) is 22.9. The van der Waals surface area contributed by atoms with Crippen LogP contribution in [0.25, 0.3) is 0 Å². The zero-order valence-electron chi connectivity index (χ0n) is 14.0. The van der Waals surface area contributed by atoms with E-state index in [-0.39, 0.29) is 18.2 Å². The molecule has 0 N–H and O–H groups in total. The van der Waals surface area contributed by atoms with Gasteiger partial charge in [0.15, 0.2) is 0 Å². The summed E-state index contributed by atoms with van der Waals surface area (Å²) in [7, 11) is 0. The van der Waals surface area contributed by atoms with Gasteiger partial charge in [-0.3, -0.25) is 0 Å². The Morgan fingerprint density at radius 1 is 1.00 bits per heavy atom. The number of rotatable bonds is 4. The van der Waals surface area contributed by atoms with Gasteiger partial charge in [-0.15, -0.1) is 0 Å². The minimum atomic E-state index is -1.02. The van der Waals surface area contributed by atoms with Crippen molar-refractivity contribution in [2.75, 3.05) is 0 Å². The highest BCUT2D eigenvalue weighted by molar-refractivity contribution is 5.86. The molecule has 0 saturated carbocycles. The van der Waals surface area contributed by atoms with Gasteiger partial charge in [0.2, 0.25) is 5.60 Å². The summed E-state index contributed by atoms with van der Waals surface area (Å²) in [5.74, 6) is -0.318. The van der Waals surface area contributed by atoms with E-state index in [4.69, 9.17) is 9.47 Å². The zero-order valence-corrected chi connectivity index (χ0v) is 14.0. The van der Waals surface area contributed by atoms with Crippen LogP contribution in [0.1, 0.15) is 42.2 Å². The first-order chi connectivity index (χ1) is 10.9. The van der Waals surface area contributed by atoms with Gasteiger partial charge in [0.25, 0.3) is 0 Å². The van der Waals surface area contributed by atoms with Crippen molar-refractivity contribution in [3.8, 4) is 0 Å². The third-order valence-electron chi connectivity index (χ3n) is 4.12. The second kappa shape index (κ2) is 5.82. The number of hydrogen-bond acceptors (Lipinski definition) is 3. The van der Waals surface area contributed by atoms with Crippen molar-refractivity contribution in [3.63, 3.8) is 0 Å². The van der Waals surface area contributed by atoms with Gasteiger partial charge in [0.1, 0.15) is 6.10 Å². The monoisotopic (exact) mass is 310 g/mol. The smallest absolute Gasteiger partial charge is 0.346 e. The maximum Gasteiger partial charge on any atom is 0.346 e. The van der Waals surface area contributed by atoms with Crippen molar-refractivity contribution in [3.05, 3.63) is 70.8 Å². The van der Waals surface area contributed by atoms with Gasteiger partial charge < -0.3 is 9.47 Å². The molecule has 0 bridgehead atoms. The molecule has 120 valence electrons. The van der Waals surface area contributed by atoms with Crippen LogP contribution in [0.4, 0.5) is 0 Å². The van der Waals surface area contributed by atoms with E-state index in [0.717, 1.165) is 16.7 Å². The molecule has 1 saturated heterocycles. The van der Waals surface area contributed by atoms with Gasteiger partial charge in [0.05, 0.1) is 6.10 Å². The first-order valence-electron chi connectivity index (χ1n) is 7.96. The highest BCUT2D eigenvalue weighted by Gasteiger charge is 2.65. The van der Waals surface area contributed by atoms with Gasteiger partial charge in [0, 0.05) is 0 Å². The molecule has 0 amide bonds. The van der Waals surface area contributed by atoms with E-state index in [1.54, 1.807) is 0 Å². The summed E-state index contributed by atoms with van der Waals surface area (Å²) in [6, 6.07) is 16.0. The maximum absolute atomic E-state index is 12.7. The Morgan fingerprint density at radius 3 is 2.04 bits per heavy atom. The van der Waals surface area contributed by atoms with E-state index >= 15 is 0 Å². The minimum absolute atomic E-state index is 0.173. The maximum atomic E-state index is 12.7. The highest BCUT2D eigenvalue weighted by Crippen LogP contribution is 2.57. The lowest BCUT2D eigenvalue weighted by Crippen LogP contribution is -2.28. The Kier molecular flexibility index (Phi) is 3.99. The van der Waals surface area contributed by atoms with Gasteiger partial charge in [-0.05, 0) is 38.8 Å². The summed E-state index contributed by atoms with van der Waals surface area (Å²) in [4.78, 5) is 12.7. The molecule has 2 aromatic rings. The van der Waals surface area contributed by atoms with Crippen LogP contribution in [0.3, 0.4) is 0 Å². The summed E-state index contributed by atoms with van der Waals surface area (Å²) < 4.78 is 11.4. The van der Waals surface area contributed by atoms with Gasteiger partial charge in [-0.25, -0.2) is 4.79 Å². The third kappa shape index (κ3) is 2.89. The molecule has 1 aliphatic heterocycles. The SMILES string of the molecule is Cc1ccc(C2OC2(C(=O)OC(C)C)c2ccc(C)cc2)cc1. The Morgan fingerprint density at radius 2 is 1.52 bits per heavy atom. The molecule has 2 aromatic carbocycles. The van der Waals surface area contributed by atoms with Gasteiger partial charge in [-0.1, -0.05) is 59.7 Å². The number of esters is 1. The number of carbonyl (C=O) groups is 1. The van der Waals surface area contributed by atoms with Crippen molar-refractivity contribution < 1.29 is 14.3 Å². The molecule has 0 radical (unpaired) electrons. The molecule has 1 heterocycles. The number of epoxide rings is 1. The van der Waals surface area contributed by atoms with E-state index in [0.29, 0.717) is 0 Å². The third-order valence-corrected chi connectivity index (χ3v) is 4.12. The Labute approximate surface area is 137 Å². The lowest BCUT2D eigenvalue weighted by molar-refractivity contribution is -0.154. The number of benzene rings is 2. The Bertz CT molecular complexity index is 701. The molecule has 0 aliphatic carbocycles. The van der Waals surface area contributed by atoms with Crippen LogP contribution in [0, 0.1) is 13.8 Å². The number of aryl methyl sites for hydroxylation is 2. The lowest BCUT2D eigenvalue weighted by atomic mass is 9.91. The van der Waals surface area contributed by atoms with Crippen LogP contribution in [0.15, 0.2) is 48.5 Å². The van der Waals surface area contributed by atoms with Gasteiger partial charge in [-0.2, -0.15) is 0 Å². The Hall–Kier alpha value is -2.13. The zero-order chi connectivity index (χ0) is 16.6. The largest absolute Gasteiger partial charge is 0.460 e. The van der Waals surface area contributed by atoms with Crippen molar-refractivity contribution in [1.29, 1.82) is 0 Å². The first-order valence-corrected chi connectivity index (χ1v) is 7.96. The van der Waals surface area contributed by atoms with Crippen molar-refractivity contribution in [1.82, 2.24) is 0 Å². The molecule has 23 heavy (non-hydrogen) atoms. The second-order valence-corrected chi connectivity index (χ2v) is 6.46. The number of carbonyl (C=O) groups excluding carboxylic acids is 1. The molecule has 0 aromatic heterocycles. The molecule has 1 aliphatic rings. The standard InChI is InChI=1S/C20H22O3/c1-13(2)22-19(21)20(17-11-7-15(4)8-12-17)18(23-20)16-9-5-14(3)6-10-16/h5-13,18H,1-4H3. The molecule has 0 spiro atoms. The van der Waals surface area contributed by atoms with E-state index in [9.17, 15) is 4.79 Å². The van der Waals surface area contributed by atoms with Crippen LogP contribution >= 0.6 is 0 Å². The van der Waals surface area contributed by atoms with Crippen molar-refractivity contribution in [2.45, 2.75) is 45.5 Å². The topological polar surface area (TPSA) is 38.8 Å². The Balaban J connectivity index is 1.98. The fraction of sp³-hybridized carbons (Fsp3) is 0.350. The van der Waals surface area contributed by atoms with Crippen LogP contribution in [-0.4, -0.2) is 12.1 Å². The van der Waals surface area contributed by atoms with Crippen LogP contribution in [-0.2, 0) is 19.9 Å². The fourth-order valence-electron chi connectivity index (χ4n) is 2.79. The summed E-state index contributed by atoms with van der Waals surface area (Å²) in [5, 5.41) is 0. The summed E-state index contributed by atoms with van der Waals surface area (Å²) >= 11 is 0. The summed E-state index contributed by atoms with van der Waals surface area (Å²) in [6.45, 7) is 7.76. The van der Waals surface area contributed by atoms with Crippen LogP contribution < -0.4 is 0 Å². The average Bonchev–Trinajstić information content (AvgIpc) is 3.25. The quantitative estimate of drug-likeness (QED) is 0.627. The number of hydrogen-bond donors (Lipinski definition) is 0. The second-order valence-electron chi connectivity index (χ2n) is 6.46. The van der Waals surface area contributed by atoms with Crippen LogP contribution in [0.2, 0.25) is 0 Å². The van der Waals surface area contributed by atoms with E-state index in [1.807, 2.05) is 76.2 Å². The fourth-order valence-corrected chi connectivity index (χ4v) is 2.79. The summed E-state index contributed by atoms with van der Waals surface area (Å²) in [5.41, 5.74) is 3.15. The lowest BCUT2D eigenvalue weighted by Gasteiger charge is -2.16. The van der Waals surface area contributed by atoms with Crippen LogP contribution in [0.5, 0.6) is 0 Å². The van der Waals surface area contributed by atoms with E-state index in [2.05, 4.69) is 0 Å². The molecule has 3 nitrogen and oxygen atoms in total. The van der Waals surface area contributed by atoms with E-state index < -0.39 is 5.60 Å². The molecular formula is C20H22O3. The molecule has 2 atom stereocenters. The van der Waals surface area contributed by atoms with Gasteiger partial charge >= 0.3 is 5.97 Å². The van der Waals surface area contributed by atoms with Crippen molar-refractivity contribution in [2.24, 2.45) is 0 Å². The molecule has 3 heteroatoms. The van der Waals surface area contributed by atoms with E-state index in [1.165, 1.54) is 5.56 Å². The predicted octanol–water partition coefficient (Wildman–Crippen LogP) is 4.22. The first kappa shape index (κ1) is 15.8. The minimum Gasteiger partial charge on any atom is -0.460 e. The number of ether oxygens (including phenoxy) is 2.